The minimum atomic E-state index is 0.962. The fourth-order valence-corrected chi connectivity index (χ4v) is 0.754. The summed E-state index contributed by atoms with van der Waals surface area (Å²) in [6.45, 7) is 3.76. The molecule has 47 valence electrons. The second kappa shape index (κ2) is 3.23. The van der Waals surface area contributed by atoms with E-state index in [0.717, 1.165) is 12.8 Å². The van der Waals surface area contributed by atoms with Crippen molar-refractivity contribution < 1.29 is 0 Å². The minimum absolute atomic E-state index is 0.962. The SMILES string of the molecule is [CH2]CCc1ccncc1. The lowest BCUT2D eigenvalue weighted by molar-refractivity contribution is 0.992. The van der Waals surface area contributed by atoms with Gasteiger partial charge in [0.1, 0.15) is 0 Å². The number of nitrogens with zero attached hydrogens (tertiary/aromatic N) is 1. The molecule has 1 rings (SSSR count). The fourth-order valence-electron chi connectivity index (χ4n) is 0.754. The van der Waals surface area contributed by atoms with Gasteiger partial charge in [-0.15, -0.1) is 0 Å². The van der Waals surface area contributed by atoms with Crippen LogP contribution in [0.25, 0.3) is 0 Å². The van der Waals surface area contributed by atoms with Crippen LogP contribution in [0.15, 0.2) is 24.5 Å². The summed E-state index contributed by atoms with van der Waals surface area (Å²) < 4.78 is 0. The van der Waals surface area contributed by atoms with Crippen LogP contribution in [0.4, 0.5) is 0 Å². The van der Waals surface area contributed by atoms with Gasteiger partial charge in [0.2, 0.25) is 0 Å². The van der Waals surface area contributed by atoms with Crippen LogP contribution in [-0.2, 0) is 6.42 Å². The molecule has 1 radical (unpaired) electrons. The molecule has 1 aromatic heterocycles. The Morgan fingerprint density at radius 3 is 2.56 bits per heavy atom. The third kappa shape index (κ3) is 1.84. The molecule has 0 spiro atoms. The summed E-state index contributed by atoms with van der Waals surface area (Å²) in [5.74, 6) is 0. The molecule has 0 fully saturated rings. The predicted molar refractivity (Wildman–Crippen MR) is 37.9 cm³/mol. The summed E-state index contributed by atoms with van der Waals surface area (Å²) >= 11 is 0. The largest absolute Gasteiger partial charge is 0.265 e. The number of rotatable bonds is 2. The van der Waals surface area contributed by atoms with E-state index in [0.29, 0.717) is 0 Å². The molecular weight excluding hydrogens is 110 g/mol. The first-order chi connectivity index (χ1) is 4.43. The Morgan fingerprint density at radius 2 is 2.00 bits per heavy atom. The second-order valence-corrected chi connectivity index (χ2v) is 1.96. The van der Waals surface area contributed by atoms with Crippen molar-refractivity contribution in [1.82, 2.24) is 4.98 Å². The van der Waals surface area contributed by atoms with Crippen molar-refractivity contribution in [2.45, 2.75) is 12.8 Å². The number of hydrogen-bond acceptors (Lipinski definition) is 1. The van der Waals surface area contributed by atoms with Crippen molar-refractivity contribution in [2.24, 2.45) is 0 Å². The van der Waals surface area contributed by atoms with E-state index in [9.17, 15) is 0 Å². The maximum Gasteiger partial charge on any atom is 0.0270 e. The topological polar surface area (TPSA) is 12.9 Å². The molecule has 0 aliphatic rings. The quantitative estimate of drug-likeness (QED) is 0.580. The van der Waals surface area contributed by atoms with Gasteiger partial charge in [0.15, 0.2) is 0 Å². The molecule has 1 heteroatoms. The van der Waals surface area contributed by atoms with Gasteiger partial charge in [0.05, 0.1) is 0 Å². The molecule has 0 saturated carbocycles. The zero-order valence-electron chi connectivity index (χ0n) is 5.38. The Morgan fingerprint density at radius 1 is 1.33 bits per heavy atom. The number of hydrogen-bond donors (Lipinski definition) is 0. The lowest BCUT2D eigenvalue weighted by Gasteiger charge is -1.93. The highest BCUT2D eigenvalue weighted by Crippen LogP contribution is 1.98. The van der Waals surface area contributed by atoms with Gasteiger partial charge in [0, 0.05) is 12.4 Å². The van der Waals surface area contributed by atoms with E-state index in [1.807, 2.05) is 24.5 Å². The first-order valence-electron chi connectivity index (χ1n) is 3.11. The van der Waals surface area contributed by atoms with Crippen LogP contribution in [0.3, 0.4) is 0 Å². The first-order valence-corrected chi connectivity index (χ1v) is 3.11. The van der Waals surface area contributed by atoms with Crippen LogP contribution < -0.4 is 0 Å². The molecule has 0 bridgehead atoms. The Labute approximate surface area is 55.7 Å². The Bertz CT molecular complexity index is 157. The Kier molecular flexibility index (Phi) is 2.25. The molecular formula is C8H10N. The van der Waals surface area contributed by atoms with Crippen molar-refractivity contribution in [3.63, 3.8) is 0 Å². The van der Waals surface area contributed by atoms with Gasteiger partial charge in [-0.3, -0.25) is 4.98 Å². The molecule has 0 aromatic carbocycles. The van der Waals surface area contributed by atoms with Crippen LogP contribution in [-0.4, -0.2) is 4.98 Å². The average Bonchev–Trinajstić information content (AvgIpc) is 1.91. The number of aryl methyl sites for hydroxylation is 1. The molecule has 0 aliphatic heterocycles. The molecule has 1 aromatic rings. The molecule has 1 heterocycles. The summed E-state index contributed by atoms with van der Waals surface area (Å²) in [4.78, 5) is 3.91. The van der Waals surface area contributed by atoms with Crippen LogP contribution in [0.5, 0.6) is 0 Å². The van der Waals surface area contributed by atoms with Crippen molar-refractivity contribution >= 4 is 0 Å². The van der Waals surface area contributed by atoms with Crippen LogP contribution >= 0.6 is 0 Å². The van der Waals surface area contributed by atoms with E-state index in [4.69, 9.17) is 0 Å². The van der Waals surface area contributed by atoms with Gasteiger partial charge in [-0.05, 0) is 30.5 Å². The zero-order chi connectivity index (χ0) is 6.53. The maximum absolute atomic E-state index is 3.91. The highest BCUT2D eigenvalue weighted by molar-refractivity contribution is 5.09. The maximum atomic E-state index is 3.91. The van der Waals surface area contributed by atoms with Gasteiger partial charge in [0.25, 0.3) is 0 Å². The molecule has 0 aliphatic carbocycles. The minimum Gasteiger partial charge on any atom is -0.265 e. The average molecular weight is 120 g/mol. The second-order valence-electron chi connectivity index (χ2n) is 1.96. The van der Waals surface area contributed by atoms with Gasteiger partial charge in [-0.2, -0.15) is 0 Å². The predicted octanol–water partition coefficient (Wildman–Crippen LogP) is 1.85. The highest BCUT2D eigenvalue weighted by Gasteiger charge is 1.85. The van der Waals surface area contributed by atoms with E-state index in [1.165, 1.54) is 5.56 Å². The molecule has 0 saturated heterocycles. The van der Waals surface area contributed by atoms with Gasteiger partial charge in [-0.1, -0.05) is 6.92 Å². The van der Waals surface area contributed by atoms with Crippen LogP contribution in [0.2, 0.25) is 0 Å². The zero-order valence-corrected chi connectivity index (χ0v) is 5.38. The highest BCUT2D eigenvalue weighted by atomic mass is 14.6. The molecule has 0 N–H and O–H groups in total. The monoisotopic (exact) mass is 120 g/mol. The molecule has 9 heavy (non-hydrogen) atoms. The number of aromatic nitrogens is 1. The summed E-state index contributed by atoms with van der Waals surface area (Å²) in [5.41, 5.74) is 1.32. The first kappa shape index (κ1) is 6.27. The van der Waals surface area contributed by atoms with Gasteiger partial charge >= 0.3 is 0 Å². The standard InChI is InChI=1S/C8H10N/c1-2-3-8-4-6-9-7-5-8/h4-7H,1-3H2. The molecule has 0 atom stereocenters. The van der Waals surface area contributed by atoms with E-state index in [2.05, 4.69) is 11.9 Å². The smallest absolute Gasteiger partial charge is 0.0270 e. The summed E-state index contributed by atoms with van der Waals surface area (Å²) in [7, 11) is 0. The summed E-state index contributed by atoms with van der Waals surface area (Å²) in [6.07, 6.45) is 5.64. The van der Waals surface area contributed by atoms with Gasteiger partial charge < -0.3 is 0 Å². The summed E-state index contributed by atoms with van der Waals surface area (Å²) in [5, 5.41) is 0. The Balaban J connectivity index is 2.61. The van der Waals surface area contributed by atoms with E-state index >= 15 is 0 Å². The normalized spacial score (nSPS) is 9.44. The van der Waals surface area contributed by atoms with Crippen LogP contribution in [0, 0.1) is 6.92 Å². The lowest BCUT2D eigenvalue weighted by Crippen LogP contribution is -1.81. The van der Waals surface area contributed by atoms with E-state index < -0.39 is 0 Å². The molecule has 0 amide bonds. The third-order valence-corrected chi connectivity index (χ3v) is 1.21. The van der Waals surface area contributed by atoms with Gasteiger partial charge in [-0.25, -0.2) is 0 Å². The van der Waals surface area contributed by atoms with Crippen molar-refractivity contribution in [1.29, 1.82) is 0 Å². The van der Waals surface area contributed by atoms with Crippen LogP contribution in [0.1, 0.15) is 12.0 Å². The number of pyridine rings is 1. The van der Waals surface area contributed by atoms with E-state index in [-0.39, 0.29) is 0 Å². The molecule has 0 unspecified atom stereocenters. The van der Waals surface area contributed by atoms with Crippen molar-refractivity contribution in [3.05, 3.63) is 37.0 Å². The fraction of sp³-hybridized carbons (Fsp3) is 0.250. The van der Waals surface area contributed by atoms with E-state index in [1.54, 1.807) is 0 Å². The lowest BCUT2D eigenvalue weighted by atomic mass is 10.2. The van der Waals surface area contributed by atoms with Crippen molar-refractivity contribution in [2.75, 3.05) is 0 Å². The van der Waals surface area contributed by atoms with Crippen molar-refractivity contribution in [3.8, 4) is 0 Å². The third-order valence-electron chi connectivity index (χ3n) is 1.21. The molecule has 1 nitrogen and oxygen atoms in total. The Hall–Kier alpha value is -0.850. The summed E-state index contributed by atoms with van der Waals surface area (Å²) in [6, 6.07) is 4.04.